The fraction of sp³-hybridized carbons (Fsp3) is 0.462. The molecule has 0 aromatic heterocycles. The van der Waals surface area contributed by atoms with Crippen molar-refractivity contribution in [1.82, 2.24) is 0 Å². The molecule has 0 spiro atoms. The maximum absolute atomic E-state index is 13.8. The number of benzene rings is 1. The molecule has 0 aliphatic heterocycles. The van der Waals surface area contributed by atoms with Crippen molar-refractivity contribution in [2.24, 2.45) is 0 Å². The predicted octanol–water partition coefficient (Wildman–Crippen LogP) is 3.30. The molecule has 3 nitrogen and oxygen atoms in total. The number of carbonyl (C=O) groups is 1. The van der Waals surface area contributed by atoms with Gasteiger partial charge in [-0.1, -0.05) is 0 Å². The van der Waals surface area contributed by atoms with E-state index in [0.29, 0.717) is 0 Å². The molecule has 0 heterocycles. The summed E-state index contributed by atoms with van der Waals surface area (Å²) in [5, 5.41) is 2.89. The van der Waals surface area contributed by atoms with Crippen molar-refractivity contribution in [3.05, 3.63) is 29.3 Å². The van der Waals surface area contributed by atoms with Crippen LogP contribution in [0.5, 0.6) is 0 Å². The van der Waals surface area contributed by atoms with Crippen LogP contribution in [0.25, 0.3) is 0 Å². The van der Waals surface area contributed by atoms with Crippen LogP contribution in [0.4, 0.5) is 14.5 Å². The number of hydrogen-bond donors (Lipinski definition) is 1. The third-order valence-corrected chi connectivity index (χ3v) is 3.29. The lowest BCUT2D eigenvalue weighted by Crippen LogP contribution is -2.18. The molecule has 1 aromatic carbocycles. The van der Waals surface area contributed by atoms with Crippen LogP contribution in [0.15, 0.2) is 12.1 Å². The summed E-state index contributed by atoms with van der Waals surface area (Å²) >= 11 is 1.69. The molecule has 0 saturated heterocycles. The highest BCUT2D eigenvalue weighted by Crippen LogP contribution is 2.22. The zero-order valence-corrected chi connectivity index (χ0v) is 11.9. The number of ether oxygens (including phenoxy) is 1. The van der Waals surface area contributed by atoms with Gasteiger partial charge in [0.05, 0.1) is 18.4 Å². The SMILES string of the molecule is COC(=O)c1ccc(NC(C)CCSC)c(F)c1F. The highest BCUT2D eigenvalue weighted by Gasteiger charge is 2.19. The Kier molecular flexibility index (Phi) is 6.08. The number of thioether (sulfide) groups is 1. The van der Waals surface area contributed by atoms with Gasteiger partial charge in [0.15, 0.2) is 11.6 Å². The van der Waals surface area contributed by atoms with Crippen molar-refractivity contribution < 1.29 is 18.3 Å². The molecule has 0 amide bonds. The molecule has 0 aliphatic rings. The minimum Gasteiger partial charge on any atom is -0.465 e. The Bertz CT molecular complexity index is 455. The quantitative estimate of drug-likeness (QED) is 0.815. The number of anilines is 1. The van der Waals surface area contributed by atoms with Gasteiger partial charge in [-0.05, 0) is 37.5 Å². The van der Waals surface area contributed by atoms with E-state index in [0.717, 1.165) is 19.3 Å². The lowest BCUT2D eigenvalue weighted by Gasteiger charge is -2.16. The van der Waals surface area contributed by atoms with Crippen LogP contribution in [0, 0.1) is 11.6 Å². The van der Waals surface area contributed by atoms with Crippen LogP contribution >= 0.6 is 11.8 Å². The summed E-state index contributed by atoms with van der Waals surface area (Å²) in [6.07, 6.45) is 2.82. The summed E-state index contributed by atoms with van der Waals surface area (Å²) in [6, 6.07) is 2.58. The summed E-state index contributed by atoms with van der Waals surface area (Å²) in [4.78, 5) is 11.2. The number of rotatable bonds is 6. The largest absolute Gasteiger partial charge is 0.465 e. The molecule has 106 valence electrons. The van der Waals surface area contributed by atoms with E-state index < -0.39 is 23.2 Å². The van der Waals surface area contributed by atoms with E-state index in [9.17, 15) is 13.6 Å². The van der Waals surface area contributed by atoms with Gasteiger partial charge < -0.3 is 10.1 Å². The number of carbonyl (C=O) groups excluding carboxylic acids is 1. The third kappa shape index (κ3) is 4.09. The topological polar surface area (TPSA) is 38.3 Å². The first kappa shape index (κ1) is 15.8. The van der Waals surface area contributed by atoms with E-state index in [1.54, 1.807) is 11.8 Å². The van der Waals surface area contributed by atoms with Gasteiger partial charge in [0, 0.05) is 6.04 Å². The zero-order valence-electron chi connectivity index (χ0n) is 11.1. The van der Waals surface area contributed by atoms with Crippen molar-refractivity contribution in [2.75, 3.05) is 24.4 Å². The molecule has 0 fully saturated rings. The second kappa shape index (κ2) is 7.33. The van der Waals surface area contributed by atoms with E-state index >= 15 is 0 Å². The Morgan fingerprint density at radius 1 is 1.42 bits per heavy atom. The summed E-state index contributed by atoms with van der Waals surface area (Å²) in [6.45, 7) is 1.89. The molecule has 1 N–H and O–H groups in total. The Balaban J connectivity index is 2.87. The standard InChI is InChI=1S/C13H17F2NO2S/c1-8(6-7-19-3)16-10-5-4-9(13(17)18-2)11(14)12(10)15/h4-5,8,16H,6-7H2,1-3H3. The molecule has 0 saturated carbocycles. The maximum Gasteiger partial charge on any atom is 0.340 e. The van der Waals surface area contributed by atoms with Crippen LogP contribution in [0.2, 0.25) is 0 Å². The third-order valence-electron chi connectivity index (χ3n) is 2.64. The molecular formula is C13H17F2NO2S. The van der Waals surface area contributed by atoms with Crippen LogP contribution in [0.3, 0.4) is 0 Å². The van der Waals surface area contributed by atoms with Crippen molar-refractivity contribution in [1.29, 1.82) is 0 Å². The van der Waals surface area contributed by atoms with Crippen LogP contribution in [-0.4, -0.2) is 31.1 Å². The highest BCUT2D eigenvalue weighted by molar-refractivity contribution is 7.98. The van der Waals surface area contributed by atoms with E-state index in [1.807, 2.05) is 13.2 Å². The van der Waals surface area contributed by atoms with E-state index in [1.165, 1.54) is 12.1 Å². The van der Waals surface area contributed by atoms with Gasteiger partial charge in [-0.3, -0.25) is 0 Å². The fourth-order valence-corrected chi connectivity index (χ4v) is 2.15. The average molecular weight is 289 g/mol. The molecule has 1 rings (SSSR count). The van der Waals surface area contributed by atoms with E-state index in [4.69, 9.17) is 0 Å². The van der Waals surface area contributed by atoms with Crippen LogP contribution < -0.4 is 5.32 Å². The number of esters is 1. The summed E-state index contributed by atoms with van der Waals surface area (Å²) < 4.78 is 31.9. The zero-order chi connectivity index (χ0) is 14.4. The van der Waals surface area contributed by atoms with Crippen molar-refractivity contribution in [2.45, 2.75) is 19.4 Å². The Morgan fingerprint density at radius 3 is 2.68 bits per heavy atom. The van der Waals surface area contributed by atoms with Crippen LogP contribution in [-0.2, 0) is 4.74 Å². The number of methoxy groups -OCH3 is 1. The molecular weight excluding hydrogens is 272 g/mol. The van der Waals surface area contributed by atoms with Gasteiger partial charge in [-0.25, -0.2) is 13.6 Å². The molecule has 1 atom stereocenters. The molecule has 0 radical (unpaired) electrons. The minimum atomic E-state index is -1.19. The second-order valence-electron chi connectivity index (χ2n) is 4.11. The van der Waals surface area contributed by atoms with Crippen molar-refractivity contribution in [3.8, 4) is 0 Å². The first-order valence-electron chi connectivity index (χ1n) is 5.83. The van der Waals surface area contributed by atoms with Crippen LogP contribution in [0.1, 0.15) is 23.7 Å². The van der Waals surface area contributed by atoms with Gasteiger partial charge in [0.25, 0.3) is 0 Å². The van der Waals surface area contributed by atoms with Gasteiger partial charge in [-0.2, -0.15) is 11.8 Å². The second-order valence-corrected chi connectivity index (χ2v) is 5.09. The number of halogens is 2. The summed E-state index contributed by atoms with van der Waals surface area (Å²) in [5.41, 5.74) is -0.346. The molecule has 0 aliphatic carbocycles. The monoisotopic (exact) mass is 289 g/mol. The maximum atomic E-state index is 13.8. The Morgan fingerprint density at radius 2 is 2.11 bits per heavy atom. The van der Waals surface area contributed by atoms with Gasteiger partial charge >= 0.3 is 5.97 Å². The fourth-order valence-electron chi connectivity index (χ4n) is 1.56. The first-order valence-corrected chi connectivity index (χ1v) is 7.22. The molecule has 1 aromatic rings. The lowest BCUT2D eigenvalue weighted by atomic mass is 10.1. The highest BCUT2D eigenvalue weighted by atomic mass is 32.2. The predicted molar refractivity (Wildman–Crippen MR) is 73.8 cm³/mol. The Hall–Kier alpha value is -1.30. The van der Waals surface area contributed by atoms with Crippen molar-refractivity contribution >= 4 is 23.4 Å². The Labute approximate surface area is 115 Å². The van der Waals surface area contributed by atoms with Gasteiger partial charge in [-0.15, -0.1) is 0 Å². The first-order chi connectivity index (χ1) is 9.01. The molecule has 19 heavy (non-hydrogen) atoms. The molecule has 1 unspecified atom stereocenters. The van der Waals surface area contributed by atoms with Crippen molar-refractivity contribution in [3.63, 3.8) is 0 Å². The molecule has 0 bridgehead atoms. The van der Waals surface area contributed by atoms with E-state index in [2.05, 4.69) is 10.1 Å². The molecule has 6 heteroatoms. The normalized spacial score (nSPS) is 12.1. The van der Waals surface area contributed by atoms with Gasteiger partial charge in [0.2, 0.25) is 0 Å². The lowest BCUT2D eigenvalue weighted by molar-refractivity contribution is 0.0594. The van der Waals surface area contributed by atoms with E-state index in [-0.39, 0.29) is 11.7 Å². The van der Waals surface area contributed by atoms with Gasteiger partial charge in [0.1, 0.15) is 0 Å². The number of nitrogens with one attached hydrogen (secondary N) is 1. The summed E-state index contributed by atoms with van der Waals surface area (Å²) in [7, 11) is 1.12. The smallest absolute Gasteiger partial charge is 0.340 e. The average Bonchev–Trinajstić information content (AvgIpc) is 2.41. The number of hydrogen-bond acceptors (Lipinski definition) is 4. The summed E-state index contributed by atoms with van der Waals surface area (Å²) in [5.74, 6) is -2.20. The minimum absolute atomic E-state index is 0.0188.